The van der Waals surface area contributed by atoms with Gasteiger partial charge in [-0.15, -0.1) is 0 Å². The van der Waals surface area contributed by atoms with Crippen molar-refractivity contribution < 1.29 is 38.8 Å². The molecule has 130 valence electrons. The lowest BCUT2D eigenvalue weighted by Gasteiger charge is -2.08. The Morgan fingerprint density at radius 3 is 1.91 bits per heavy atom. The maximum absolute atomic E-state index is 9.96. The van der Waals surface area contributed by atoms with Crippen LogP contribution >= 0.6 is 11.8 Å². The van der Waals surface area contributed by atoms with Crippen molar-refractivity contribution in [2.75, 3.05) is 25.2 Å². The predicted molar refractivity (Wildman–Crippen MR) is 81.4 cm³/mol. The molecule has 0 aliphatic carbocycles. The van der Waals surface area contributed by atoms with Crippen molar-refractivity contribution in [3.63, 3.8) is 0 Å². The summed E-state index contributed by atoms with van der Waals surface area (Å²) in [6.07, 6.45) is -0.285. The van der Waals surface area contributed by atoms with Gasteiger partial charge in [0.1, 0.15) is 12.7 Å². The average Bonchev–Trinajstić information content (AvgIpc) is 3.03. The normalized spacial score (nSPS) is 13.4. The summed E-state index contributed by atoms with van der Waals surface area (Å²) >= 11 is 2.07. The summed E-state index contributed by atoms with van der Waals surface area (Å²) in [7, 11) is 1.38. The van der Waals surface area contributed by atoms with Gasteiger partial charge in [-0.25, -0.2) is 9.59 Å². The lowest BCUT2D eigenvalue weighted by Crippen LogP contribution is -2.20. The number of carboxylic acid groups (broad SMARTS) is 2. The van der Waals surface area contributed by atoms with Gasteiger partial charge in [-0.3, -0.25) is 4.79 Å². The Balaban J connectivity index is 0. The minimum atomic E-state index is -1.45. The van der Waals surface area contributed by atoms with Crippen molar-refractivity contribution in [3.05, 3.63) is 0 Å². The molecule has 9 heteroatoms. The smallest absolute Gasteiger partial charge is 0.469 e. The lowest BCUT2D eigenvalue weighted by molar-refractivity contribution is -0.140. The standard InChI is InChI=1S/C5H8O6.C4H8O2.C4H8S/c1-3(11-5(8)9)2-10-4(6)7;1-3-4(5)6-2;1-2-4-5-3-1/h3H,2H2,1H3,(H,6,7)(H,8,9);3H2,1-2H3;1-4H2. The van der Waals surface area contributed by atoms with Crippen molar-refractivity contribution in [1.82, 2.24) is 0 Å². The van der Waals surface area contributed by atoms with Crippen molar-refractivity contribution >= 4 is 30.0 Å². The van der Waals surface area contributed by atoms with E-state index in [4.69, 9.17) is 10.2 Å². The van der Waals surface area contributed by atoms with Gasteiger partial charge >= 0.3 is 18.3 Å². The van der Waals surface area contributed by atoms with Crippen LogP contribution in [0, 0.1) is 0 Å². The Bertz CT molecular complexity index is 304. The van der Waals surface area contributed by atoms with Crippen LogP contribution in [0.25, 0.3) is 0 Å². The summed E-state index contributed by atoms with van der Waals surface area (Å²) in [5.41, 5.74) is 0. The molecule has 1 aliphatic rings. The van der Waals surface area contributed by atoms with Gasteiger partial charge in [0, 0.05) is 6.42 Å². The molecular formula is C13H24O8S. The zero-order chi connectivity index (χ0) is 17.4. The van der Waals surface area contributed by atoms with Crippen LogP contribution in [0.3, 0.4) is 0 Å². The fourth-order valence-electron chi connectivity index (χ4n) is 1.05. The first-order valence-corrected chi connectivity index (χ1v) is 7.88. The van der Waals surface area contributed by atoms with Crippen molar-refractivity contribution in [2.45, 2.75) is 39.2 Å². The maximum Gasteiger partial charge on any atom is 0.506 e. The maximum atomic E-state index is 9.96. The first kappa shape index (κ1) is 22.6. The monoisotopic (exact) mass is 340 g/mol. The van der Waals surface area contributed by atoms with E-state index < -0.39 is 18.4 Å². The second-order valence-corrected chi connectivity index (χ2v) is 5.25. The summed E-state index contributed by atoms with van der Waals surface area (Å²) in [6, 6.07) is 0. The highest BCUT2D eigenvalue weighted by Crippen LogP contribution is 2.14. The van der Waals surface area contributed by atoms with E-state index in [-0.39, 0.29) is 12.6 Å². The number of thioether (sulfide) groups is 1. The molecule has 1 aliphatic heterocycles. The molecular weight excluding hydrogens is 316 g/mol. The minimum absolute atomic E-state index is 0.157. The third-order valence-electron chi connectivity index (χ3n) is 2.09. The molecule has 2 N–H and O–H groups in total. The molecule has 1 saturated heterocycles. The first-order chi connectivity index (χ1) is 10.3. The van der Waals surface area contributed by atoms with Gasteiger partial charge in [-0.2, -0.15) is 11.8 Å². The number of rotatable bonds is 4. The number of methoxy groups -OCH3 is 1. The van der Waals surface area contributed by atoms with Crippen LogP contribution in [0.2, 0.25) is 0 Å². The zero-order valence-electron chi connectivity index (χ0n) is 13.1. The molecule has 1 atom stereocenters. The van der Waals surface area contributed by atoms with Gasteiger partial charge in [0.25, 0.3) is 0 Å². The second kappa shape index (κ2) is 15.7. The molecule has 0 saturated carbocycles. The summed E-state index contributed by atoms with van der Waals surface area (Å²) < 4.78 is 12.4. The second-order valence-electron chi connectivity index (χ2n) is 4.02. The van der Waals surface area contributed by atoms with E-state index in [0.717, 1.165) is 0 Å². The van der Waals surface area contributed by atoms with Crippen LogP contribution in [0.5, 0.6) is 0 Å². The van der Waals surface area contributed by atoms with Gasteiger partial charge in [-0.05, 0) is 31.3 Å². The Labute approximate surface area is 134 Å². The van der Waals surface area contributed by atoms with Crippen molar-refractivity contribution in [3.8, 4) is 0 Å². The number of hydrogen-bond donors (Lipinski definition) is 2. The highest BCUT2D eigenvalue weighted by molar-refractivity contribution is 7.99. The van der Waals surface area contributed by atoms with Crippen LogP contribution in [0.1, 0.15) is 33.1 Å². The molecule has 1 fully saturated rings. The van der Waals surface area contributed by atoms with Gasteiger partial charge in [0.15, 0.2) is 0 Å². The fraction of sp³-hybridized carbons (Fsp3) is 0.769. The molecule has 0 radical (unpaired) electrons. The topological polar surface area (TPSA) is 119 Å². The lowest BCUT2D eigenvalue weighted by atomic mass is 10.4. The third-order valence-corrected chi connectivity index (χ3v) is 3.24. The van der Waals surface area contributed by atoms with E-state index in [2.05, 4.69) is 26.0 Å². The SMILES string of the molecule is C1CCSC1.CC(COC(=O)O)OC(=O)O.CCC(=O)OC. The van der Waals surface area contributed by atoms with E-state index >= 15 is 0 Å². The molecule has 1 rings (SSSR count). The molecule has 0 aromatic heterocycles. The Kier molecular flexibility index (Phi) is 16.2. The first-order valence-electron chi connectivity index (χ1n) is 6.73. The van der Waals surface area contributed by atoms with Gasteiger partial charge in [0.2, 0.25) is 0 Å². The molecule has 0 amide bonds. The number of ether oxygens (including phenoxy) is 3. The number of esters is 1. The van der Waals surface area contributed by atoms with Crippen LogP contribution < -0.4 is 0 Å². The summed E-state index contributed by atoms with van der Waals surface area (Å²) in [5, 5.41) is 16.0. The number of hydrogen-bond acceptors (Lipinski definition) is 7. The van der Waals surface area contributed by atoms with Gasteiger partial charge in [0.05, 0.1) is 7.11 Å². The average molecular weight is 340 g/mol. The number of carbonyl (C=O) groups is 3. The van der Waals surface area contributed by atoms with E-state index in [1.54, 1.807) is 6.92 Å². The van der Waals surface area contributed by atoms with Crippen LogP contribution in [0.4, 0.5) is 9.59 Å². The Hall–Kier alpha value is -1.64. The number of carbonyl (C=O) groups excluding carboxylic acids is 1. The molecule has 0 aromatic carbocycles. The molecule has 8 nitrogen and oxygen atoms in total. The minimum Gasteiger partial charge on any atom is -0.469 e. The Morgan fingerprint density at radius 1 is 1.14 bits per heavy atom. The molecule has 0 bridgehead atoms. The van der Waals surface area contributed by atoms with Crippen LogP contribution in [-0.2, 0) is 19.0 Å². The molecule has 22 heavy (non-hydrogen) atoms. The highest BCUT2D eigenvalue weighted by Gasteiger charge is 2.09. The van der Waals surface area contributed by atoms with Gasteiger partial charge in [-0.1, -0.05) is 6.92 Å². The zero-order valence-corrected chi connectivity index (χ0v) is 13.9. The van der Waals surface area contributed by atoms with E-state index in [1.807, 2.05) is 0 Å². The Morgan fingerprint density at radius 2 is 1.68 bits per heavy atom. The summed E-state index contributed by atoms with van der Waals surface area (Å²) in [6.45, 7) is 2.85. The predicted octanol–water partition coefficient (Wildman–Crippen LogP) is 2.85. The summed E-state index contributed by atoms with van der Waals surface area (Å²) in [5.74, 6) is 2.68. The molecule has 1 heterocycles. The summed E-state index contributed by atoms with van der Waals surface area (Å²) in [4.78, 5) is 29.6. The highest BCUT2D eigenvalue weighted by atomic mass is 32.2. The van der Waals surface area contributed by atoms with E-state index in [0.29, 0.717) is 6.42 Å². The van der Waals surface area contributed by atoms with Crippen molar-refractivity contribution in [2.24, 2.45) is 0 Å². The van der Waals surface area contributed by atoms with Crippen molar-refractivity contribution in [1.29, 1.82) is 0 Å². The van der Waals surface area contributed by atoms with Crippen LogP contribution in [0.15, 0.2) is 0 Å². The largest absolute Gasteiger partial charge is 0.506 e. The molecule has 1 unspecified atom stereocenters. The fourth-order valence-corrected chi connectivity index (χ4v) is 2.07. The molecule has 0 aromatic rings. The molecule has 0 spiro atoms. The van der Waals surface area contributed by atoms with E-state index in [1.165, 1.54) is 38.4 Å². The third kappa shape index (κ3) is 20.7. The van der Waals surface area contributed by atoms with Crippen LogP contribution in [-0.4, -0.2) is 59.8 Å². The quantitative estimate of drug-likeness (QED) is 0.588. The van der Waals surface area contributed by atoms with Gasteiger partial charge < -0.3 is 24.4 Å². The van der Waals surface area contributed by atoms with E-state index in [9.17, 15) is 14.4 Å².